The highest BCUT2D eigenvalue weighted by atomic mass is 16.5. The number of rotatable bonds is 6. The van der Waals surface area contributed by atoms with Gasteiger partial charge >= 0.3 is 0 Å². The third-order valence-corrected chi connectivity index (χ3v) is 6.43. The minimum absolute atomic E-state index is 0.351. The van der Waals surface area contributed by atoms with Gasteiger partial charge in [0, 0.05) is 17.9 Å². The van der Waals surface area contributed by atoms with E-state index in [0.29, 0.717) is 28.6 Å². The SMILES string of the molecule is CC(=O)C1CCC2(CCN(CC3(COC(C)C)CC3)CC2)C1. The van der Waals surface area contributed by atoms with Gasteiger partial charge in [-0.15, -0.1) is 0 Å². The molecule has 3 rings (SSSR count). The van der Waals surface area contributed by atoms with E-state index in [1.807, 2.05) is 0 Å². The summed E-state index contributed by atoms with van der Waals surface area (Å²) in [5, 5.41) is 0. The molecule has 1 heterocycles. The van der Waals surface area contributed by atoms with Crippen LogP contribution in [0.1, 0.15) is 65.7 Å². The zero-order valence-corrected chi connectivity index (χ0v) is 14.7. The van der Waals surface area contributed by atoms with E-state index in [2.05, 4.69) is 18.7 Å². The maximum Gasteiger partial charge on any atom is 0.132 e. The molecule has 3 nitrogen and oxygen atoms in total. The fourth-order valence-corrected chi connectivity index (χ4v) is 4.54. The van der Waals surface area contributed by atoms with Gasteiger partial charge in [0.15, 0.2) is 0 Å². The molecule has 2 saturated carbocycles. The molecule has 0 aromatic rings. The number of likely N-dealkylation sites (tertiary alicyclic amines) is 1. The van der Waals surface area contributed by atoms with Crippen LogP contribution >= 0.6 is 0 Å². The molecule has 3 heteroatoms. The molecule has 22 heavy (non-hydrogen) atoms. The van der Waals surface area contributed by atoms with Gasteiger partial charge in [0.2, 0.25) is 0 Å². The standard InChI is InChI=1S/C19H33NO2/c1-15(2)22-14-19(6-7-19)13-20-10-8-18(9-11-20)5-4-17(12-18)16(3)21/h15,17H,4-14H2,1-3H3. The normalized spacial score (nSPS) is 30.1. The van der Waals surface area contributed by atoms with E-state index < -0.39 is 0 Å². The summed E-state index contributed by atoms with van der Waals surface area (Å²) in [6.07, 6.45) is 9.23. The summed E-state index contributed by atoms with van der Waals surface area (Å²) in [6.45, 7) is 10.7. The highest BCUT2D eigenvalue weighted by molar-refractivity contribution is 5.78. The van der Waals surface area contributed by atoms with E-state index in [1.54, 1.807) is 6.92 Å². The first-order chi connectivity index (χ1) is 10.4. The molecule has 3 aliphatic rings. The molecule has 1 saturated heterocycles. The number of Topliss-reactive ketones (excluding diaryl/α,β-unsaturated/α-hetero) is 1. The van der Waals surface area contributed by atoms with Crippen molar-refractivity contribution in [3.05, 3.63) is 0 Å². The average Bonchev–Trinajstić information content (AvgIpc) is 3.12. The predicted molar refractivity (Wildman–Crippen MR) is 88.9 cm³/mol. The molecule has 3 fully saturated rings. The monoisotopic (exact) mass is 307 g/mol. The number of ether oxygens (including phenoxy) is 1. The van der Waals surface area contributed by atoms with Crippen molar-refractivity contribution >= 4 is 5.78 Å². The molecule has 1 unspecified atom stereocenters. The summed E-state index contributed by atoms with van der Waals surface area (Å²) < 4.78 is 5.88. The van der Waals surface area contributed by atoms with Gasteiger partial charge in [-0.3, -0.25) is 4.79 Å². The highest BCUT2D eigenvalue weighted by Crippen LogP contribution is 2.51. The molecule has 0 N–H and O–H groups in total. The van der Waals surface area contributed by atoms with Gasteiger partial charge in [-0.2, -0.15) is 0 Å². The maximum atomic E-state index is 11.6. The second-order valence-corrected chi connectivity index (χ2v) is 8.69. The third-order valence-electron chi connectivity index (χ3n) is 6.43. The van der Waals surface area contributed by atoms with Crippen LogP contribution in [0.4, 0.5) is 0 Å². The lowest BCUT2D eigenvalue weighted by molar-refractivity contribution is -0.120. The summed E-state index contributed by atoms with van der Waals surface area (Å²) in [7, 11) is 0. The number of carbonyl (C=O) groups is 1. The number of carbonyl (C=O) groups excluding carboxylic acids is 1. The van der Waals surface area contributed by atoms with Gasteiger partial charge in [-0.05, 0) is 84.2 Å². The fraction of sp³-hybridized carbons (Fsp3) is 0.947. The number of hydrogen-bond donors (Lipinski definition) is 0. The van der Waals surface area contributed by atoms with Crippen LogP contribution in [0.15, 0.2) is 0 Å². The van der Waals surface area contributed by atoms with E-state index in [-0.39, 0.29) is 0 Å². The van der Waals surface area contributed by atoms with Gasteiger partial charge in [0.1, 0.15) is 5.78 Å². The average molecular weight is 307 g/mol. The molecule has 0 amide bonds. The van der Waals surface area contributed by atoms with Crippen LogP contribution in [-0.4, -0.2) is 43.0 Å². The molecule has 0 radical (unpaired) electrons. The van der Waals surface area contributed by atoms with Crippen molar-refractivity contribution in [1.82, 2.24) is 4.90 Å². The van der Waals surface area contributed by atoms with E-state index in [4.69, 9.17) is 4.74 Å². The summed E-state index contributed by atoms with van der Waals surface area (Å²) in [6, 6.07) is 0. The Kier molecular flexibility index (Phi) is 4.66. The molecular formula is C19H33NO2. The number of hydrogen-bond acceptors (Lipinski definition) is 3. The largest absolute Gasteiger partial charge is 0.378 e. The Balaban J connectivity index is 1.45. The van der Waals surface area contributed by atoms with Crippen molar-refractivity contribution < 1.29 is 9.53 Å². The van der Waals surface area contributed by atoms with Crippen molar-refractivity contribution in [3.63, 3.8) is 0 Å². The van der Waals surface area contributed by atoms with E-state index in [9.17, 15) is 4.79 Å². The van der Waals surface area contributed by atoms with Gasteiger partial charge in [0.25, 0.3) is 0 Å². The molecule has 0 bridgehead atoms. The topological polar surface area (TPSA) is 29.5 Å². The van der Waals surface area contributed by atoms with Crippen LogP contribution in [0.5, 0.6) is 0 Å². The summed E-state index contributed by atoms with van der Waals surface area (Å²) in [5.74, 6) is 0.780. The predicted octanol–water partition coefficient (Wildman–Crippen LogP) is 3.66. The summed E-state index contributed by atoms with van der Waals surface area (Å²) in [4.78, 5) is 14.3. The summed E-state index contributed by atoms with van der Waals surface area (Å²) >= 11 is 0. The Labute approximate surface area is 135 Å². The first kappa shape index (κ1) is 16.4. The second kappa shape index (κ2) is 6.24. The first-order valence-electron chi connectivity index (χ1n) is 9.27. The summed E-state index contributed by atoms with van der Waals surface area (Å²) in [5.41, 5.74) is 0.963. The van der Waals surface area contributed by atoms with Gasteiger partial charge < -0.3 is 9.64 Å². The Bertz CT molecular complexity index is 406. The van der Waals surface area contributed by atoms with Crippen molar-refractivity contribution in [2.24, 2.45) is 16.7 Å². The van der Waals surface area contributed by atoms with Crippen molar-refractivity contribution in [3.8, 4) is 0 Å². The smallest absolute Gasteiger partial charge is 0.132 e. The molecule has 1 atom stereocenters. The van der Waals surface area contributed by atoms with Crippen LogP contribution in [0.2, 0.25) is 0 Å². The minimum atomic E-state index is 0.351. The quantitative estimate of drug-likeness (QED) is 0.750. The molecule has 2 aliphatic carbocycles. The fourth-order valence-electron chi connectivity index (χ4n) is 4.54. The number of piperidine rings is 1. The van der Waals surface area contributed by atoms with E-state index >= 15 is 0 Å². The molecule has 1 spiro atoms. The van der Waals surface area contributed by atoms with Crippen LogP contribution in [0.3, 0.4) is 0 Å². The highest BCUT2D eigenvalue weighted by Gasteiger charge is 2.47. The Morgan fingerprint density at radius 3 is 2.36 bits per heavy atom. The van der Waals surface area contributed by atoms with Crippen LogP contribution in [0, 0.1) is 16.7 Å². The van der Waals surface area contributed by atoms with E-state index in [1.165, 1.54) is 51.7 Å². The van der Waals surface area contributed by atoms with Crippen LogP contribution in [-0.2, 0) is 9.53 Å². The molecular weight excluding hydrogens is 274 g/mol. The first-order valence-corrected chi connectivity index (χ1v) is 9.27. The lowest BCUT2D eigenvalue weighted by Gasteiger charge is -2.41. The Morgan fingerprint density at radius 2 is 1.86 bits per heavy atom. The lowest BCUT2D eigenvalue weighted by atomic mass is 9.76. The van der Waals surface area contributed by atoms with Gasteiger partial charge in [-0.25, -0.2) is 0 Å². The van der Waals surface area contributed by atoms with E-state index in [0.717, 1.165) is 19.4 Å². The molecule has 126 valence electrons. The second-order valence-electron chi connectivity index (χ2n) is 8.69. The zero-order valence-electron chi connectivity index (χ0n) is 14.7. The van der Waals surface area contributed by atoms with Crippen molar-refractivity contribution in [1.29, 1.82) is 0 Å². The Morgan fingerprint density at radius 1 is 1.18 bits per heavy atom. The Hall–Kier alpha value is -0.410. The molecule has 0 aromatic carbocycles. The van der Waals surface area contributed by atoms with Crippen LogP contribution < -0.4 is 0 Å². The van der Waals surface area contributed by atoms with Crippen molar-refractivity contribution in [2.75, 3.05) is 26.2 Å². The van der Waals surface area contributed by atoms with Crippen molar-refractivity contribution in [2.45, 2.75) is 71.8 Å². The minimum Gasteiger partial charge on any atom is -0.378 e. The number of nitrogens with zero attached hydrogens (tertiary/aromatic N) is 1. The molecule has 1 aliphatic heterocycles. The maximum absolute atomic E-state index is 11.6. The van der Waals surface area contributed by atoms with Crippen LogP contribution in [0.25, 0.3) is 0 Å². The third kappa shape index (κ3) is 3.73. The lowest BCUT2D eigenvalue weighted by Crippen LogP contribution is -2.42. The van der Waals surface area contributed by atoms with Gasteiger partial charge in [0.05, 0.1) is 12.7 Å². The van der Waals surface area contributed by atoms with Gasteiger partial charge in [-0.1, -0.05) is 0 Å². The number of ketones is 1. The zero-order chi connectivity index (χ0) is 15.8. The molecule has 0 aromatic heterocycles.